The smallest absolute Gasteiger partial charge is 0.190 e. The van der Waals surface area contributed by atoms with Gasteiger partial charge in [-0.1, -0.05) is 13.3 Å². The number of guanidine groups is 1. The number of nitrogens with zero attached hydrogens (tertiary/aromatic N) is 1. The van der Waals surface area contributed by atoms with E-state index < -0.39 is 9.84 Å². The lowest BCUT2D eigenvalue weighted by molar-refractivity contribution is 0.129. The number of unbranched alkanes of at least 4 members (excludes halogenated alkanes) is 1. The van der Waals surface area contributed by atoms with Crippen LogP contribution in [0.15, 0.2) is 4.99 Å². The Bertz CT molecular complexity index is 410. The van der Waals surface area contributed by atoms with Crippen LogP contribution in [-0.2, 0) is 14.6 Å². The molecule has 0 aromatic heterocycles. The molecule has 7 heteroatoms. The van der Waals surface area contributed by atoms with Gasteiger partial charge in [-0.15, -0.1) is 0 Å². The van der Waals surface area contributed by atoms with Crippen molar-refractivity contribution in [3.63, 3.8) is 0 Å². The van der Waals surface area contributed by atoms with Gasteiger partial charge < -0.3 is 15.4 Å². The van der Waals surface area contributed by atoms with Crippen LogP contribution in [0.1, 0.15) is 32.6 Å². The lowest BCUT2D eigenvalue weighted by atomic mass is 10.1. The van der Waals surface area contributed by atoms with Gasteiger partial charge in [-0.05, 0) is 25.2 Å². The fraction of sp³-hybridized carbons (Fsp3) is 0.929. The van der Waals surface area contributed by atoms with Crippen molar-refractivity contribution in [2.45, 2.75) is 32.6 Å². The molecule has 124 valence electrons. The van der Waals surface area contributed by atoms with Crippen LogP contribution in [0.25, 0.3) is 0 Å². The molecule has 1 rings (SSSR count). The van der Waals surface area contributed by atoms with Gasteiger partial charge in [0.15, 0.2) is 15.8 Å². The SMILES string of the molecule is CCCCOCCCNC(=NC)NCC1CCS(=O)(=O)C1. The molecule has 1 saturated heterocycles. The number of nitrogens with one attached hydrogen (secondary N) is 2. The second-order valence-corrected chi connectivity index (χ2v) is 7.70. The highest BCUT2D eigenvalue weighted by molar-refractivity contribution is 7.91. The Hall–Kier alpha value is -0.820. The number of aliphatic imine (C=N–C) groups is 1. The van der Waals surface area contributed by atoms with E-state index in [1.54, 1.807) is 7.05 Å². The van der Waals surface area contributed by atoms with Gasteiger partial charge in [0.25, 0.3) is 0 Å². The van der Waals surface area contributed by atoms with Gasteiger partial charge in [-0.25, -0.2) is 8.42 Å². The summed E-state index contributed by atoms with van der Waals surface area (Å²) in [6.07, 6.45) is 3.95. The number of sulfone groups is 1. The zero-order valence-corrected chi connectivity index (χ0v) is 14.0. The molecule has 0 spiro atoms. The Morgan fingerprint density at radius 2 is 2.05 bits per heavy atom. The highest BCUT2D eigenvalue weighted by atomic mass is 32.2. The van der Waals surface area contributed by atoms with Crippen LogP contribution in [0.2, 0.25) is 0 Å². The van der Waals surface area contributed by atoms with Crippen molar-refractivity contribution < 1.29 is 13.2 Å². The maximum atomic E-state index is 11.4. The second kappa shape index (κ2) is 10.00. The fourth-order valence-electron chi connectivity index (χ4n) is 2.22. The van der Waals surface area contributed by atoms with Gasteiger partial charge in [0.2, 0.25) is 0 Å². The lowest BCUT2D eigenvalue weighted by Crippen LogP contribution is -2.40. The summed E-state index contributed by atoms with van der Waals surface area (Å²) in [7, 11) is -1.08. The number of hydrogen-bond acceptors (Lipinski definition) is 4. The molecule has 0 saturated carbocycles. The summed E-state index contributed by atoms with van der Waals surface area (Å²) in [5.41, 5.74) is 0. The molecule has 0 aliphatic carbocycles. The number of ether oxygens (including phenoxy) is 1. The quantitative estimate of drug-likeness (QED) is 0.373. The van der Waals surface area contributed by atoms with Crippen LogP contribution in [0.4, 0.5) is 0 Å². The molecule has 1 aliphatic heterocycles. The zero-order chi connectivity index (χ0) is 15.6. The first-order valence-electron chi connectivity index (χ1n) is 7.80. The van der Waals surface area contributed by atoms with Crippen molar-refractivity contribution in [2.75, 3.05) is 44.9 Å². The third kappa shape index (κ3) is 8.26. The topological polar surface area (TPSA) is 79.8 Å². The fourth-order valence-corrected chi connectivity index (χ4v) is 4.09. The van der Waals surface area contributed by atoms with E-state index >= 15 is 0 Å². The summed E-state index contributed by atoms with van der Waals surface area (Å²) >= 11 is 0. The molecule has 0 radical (unpaired) electrons. The molecule has 0 aromatic rings. The van der Waals surface area contributed by atoms with Crippen LogP contribution in [0.3, 0.4) is 0 Å². The normalized spacial score (nSPS) is 21.4. The van der Waals surface area contributed by atoms with E-state index in [-0.39, 0.29) is 5.92 Å². The Kier molecular flexibility index (Phi) is 8.68. The molecule has 0 amide bonds. The third-order valence-electron chi connectivity index (χ3n) is 3.51. The van der Waals surface area contributed by atoms with Gasteiger partial charge in [0, 0.05) is 33.4 Å². The third-order valence-corrected chi connectivity index (χ3v) is 5.35. The molecule has 1 aliphatic rings. The first-order chi connectivity index (χ1) is 10.1. The van der Waals surface area contributed by atoms with Gasteiger partial charge in [0.1, 0.15) is 0 Å². The summed E-state index contributed by atoms with van der Waals surface area (Å²) in [6.45, 7) is 5.20. The minimum atomic E-state index is -2.80. The molecule has 1 atom stereocenters. The average molecular weight is 319 g/mol. The Labute approximate surface area is 128 Å². The van der Waals surface area contributed by atoms with Gasteiger partial charge in [-0.3, -0.25) is 4.99 Å². The molecular formula is C14H29N3O3S. The highest BCUT2D eigenvalue weighted by Gasteiger charge is 2.27. The molecular weight excluding hydrogens is 290 g/mol. The Morgan fingerprint density at radius 3 is 2.67 bits per heavy atom. The zero-order valence-electron chi connectivity index (χ0n) is 13.2. The van der Waals surface area contributed by atoms with Crippen LogP contribution >= 0.6 is 0 Å². The van der Waals surface area contributed by atoms with Crippen LogP contribution in [0.5, 0.6) is 0 Å². The average Bonchev–Trinajstić information content (AvgIpc) is 2.80. The van der Waals surface area contributed by atoms with Gasteiger partial charge >= 0.3 is 0 Å². The van der Waals surface area contributed by atoms with E-state index in [1.165, 1.54) is 0 Å². The van der Waals surface area contributed by atoms with Crippen LogP contribution in [-0.4, -0.2) is 59.2 Å². The highest BCUT2D eigenvalue weighted by Crippen LogP contribution is 2.17. The van der Waals surface area contributed by atoms with Crippen molar-refractivity contribution in [3.8, 4) is 0 Å². The van der Waals surface area contributed by atoms with Crippen molar-refractivity contribution in [1.29, 1.82) is 0 Å². The molecule has 1 unspecified atom stereocenters. The number of hydrogen-bond donors (Lipinski definition) is 2. The first-order valence-corrected chi connectivity index (χ1v) is 9.62. The van der Waals surface area contributed by atoms with Crippen LogP contribution in [0, 0.1) is 5.92 Å². The van der Waals surface area contributed by atoms with Gasteiger partial charge in [0.05, 0.1) is 11.5 Å². The predicted octanol–water partition coefficient (Wildman–Crippen LogP) is 0.793. The van der Waals surface area contributed by atoms with E-state index in [1.807, 2.05) is 0 Å². The first kappa shape index (κ1) is 18.2. The summed E-state index contributed by atoms with van der Waals surface area (Å²) in [6, 6.07) is 0. The van der Waals surface area contributed by atoms with Crippen molar-refractivity contribution in [3.05, 3.63) is 0 Å². The van der Waals surface area contributed by atoms with E-state index in [4.69, 9.17) is 4.74 Å². The molecule has 0 aromatic carbocycles. The molecule has 6 nitrogen and oxygen atoms in total. The van der Waals surface area contributed by atoms with E-state index in [2.05, 4.69) is 22.5 Å². The molecule has 1 fully saturated rings. The van der Waals surface area contributed by atoms with Crippen molar-refractivity contribution in [1.82, 2.24) is 10.6 Å². The molecule has 0 bridgehead atoms. The second-order valence-electron chi connectivity index (χ2n) is 5.47. The summed E-state index contributed by atoms with van der Waals surface area (Å²) in [4.78, 5) is 4.14. The van der Waals surface area contributed by atoms with Crippen LogP contribution < -0.4 is 10.6 Å². The lowest BCUT2D eigenvalue weighted by Gasteiger charge is -2.14. The molecule has 2 N–H and O–H groups in total. The maximum Gasteiger partial charge on any atom is 0.190 e. The summed E-state index contributed by atoms with van der Waals surface area (Å²) in [5, 5.41) is 6.41. The predicted molar refractivity (Wildman–Crippen MR) is 86.5 cm³/mol. The van der Waals surface area contributed by atoms with Gasteiger partial charge in [-0.2, -0.15) is 0 Å². The molecule has 21 heavy (non-hydrogen) atoms. The number of rotatable bonds is 9. The summed E-state index contributed by atoms with van der Waals surface area (Å²) < 4.78 is 28.3. The van der Waals surface area contributed by atoms with Crippen molar-refractivity contribution >= 4 is 15.8 Å². The summed E-state index contributed by atoms with van der Waals surface area (Å²) in [5.74, 6) is 1.54. The van der Waals surface area contributed by atoms with E-state index in [9.17, 15) is 8.42 Å². The standard InChI is InChI=1S/C14H29N3O3S/c1-3-4-8-20-9-5-7-16-14(15-2)17-11-13-6-10-21(18,19)12-13/h13H,3-12H2,1-2H3,(H2,15,16,17). The largest absolute Gasteiger partial charge is 0.381 e. The molecule has 1 heterocycles. The van der Waals surface area contributed by atoms with Crippen molar-refractivity contribution in [2.24, 2.45) is 10.9 Å². The monoisotopic (exact) mass is 319 g/mol. The van der Waals surface area contributed by atoms with E-state index in [0.717, 1.165) is 51.4 Å². The maximum absolute atomic E-state index is 11.4. The van der Waals surface area contributed by atoms with E-state index in [0.29, 0.717) is 18.1 Å². The minimum Gasteiger partial charge on any atom is -0.381 e. The Morgan fingerprint density at radius 1 is 1.29 bits per heavy atom. The minimum absolute atomic E-state index is 0.200. The Balaban J connectivity index is 2.07.